The molecule has 4 rings (SSSR count). The first-order valence-electron chi connectivity index (χ1n) is 10.4. The smallest absolute Gasteiger partial charge is 0.262 e. The largest absolute Gasteiger partial charge is 0.351 e. The zero-order chi connectivity index (χ0) is 21.6. The number of amides is 1. The van der Waals surface area contributed by atoms with Gasteiger partial charge in [-0.3, -0.25) is 19.1 Å². The maximum Gasteiger partial charge on any atom is 0.262 e. The molecule has 1 aliphatic rings. The molecule has 6 nitrogen and oxygen atoms in total. The number of fused-ring (bicyclic) bond motifs is 1. The maximum atomic E-state index is 12.8. The molecule has 1 aromatic heterocycles. The highest BCUT2D eigenvalue weighted by Crippen LogP contribution is 2.18. The number of allylic oxidation sites excluding steroid dienone is 1. The van der Waals surface area contributed by atoms with Crippen molar-refractivity contribution in [3.63, 3.8) is 0 Å². The third-order valence-corrected chi connectivity index (χ3v) is 6.33. The molecule has 0 aliphatic carbocycles. The average molecular weight is 435 g/mol. The second-order valence-corrected chi connectivity index (χ2v) is 8.62. The monoisotopic (exact) mass is 434 g/mol. The van der Waals surface area contributed by atoms with Gasteiger partial charge < -0.3 is 5.32 Å². The first kappa shape index (κ1) is 21.3. The van der Waals surface area contributed by atoms with Crippen LogP contribution in [0.4, 0.5) is 0 Å². The predicted octanol–water partition coefficient (Wildman–Crippen LogP) is 3.07. The fourth-order valence-electron chi connectivity index (χ4n) is 3.88. The van der Waals surface area contributed by atoms with Gasteiger partial charge in [-0.25, -0.2) is 4.98 Å². The number of hydrogen-bond donors (Lipinski definition) is 1. The van der Waals surface area contributed by atoms with Gasteiger partial charge >= 0.3 is 0 Å². The lowest BCUT2D eigenvalue weighted by atomic mass is 10.2. The van der Waals surface area contributed by atoms with Crippen LogP contribution in [0.3, 0.4) is 0 Å². The predicted molar refractivity (Wildman–Crippen MR) is 125 cm³/mol. The third kappa shape index (κ3) is 5.24. The Hall–Kier alpha value is -2.90. The maximum absolute atomic E-state index is 12.8. The molecule has 7 heteroatoms. The van der Waals surface area contributed by atoms with Gasteiger partial charge in [-0.05, 0) is 24.1 Å². The second kappa shape index (κ2) is 9.94. The highest BCUT2D eigenvalue weighted by atomic mass is 32.2. The Morgan fingerprint density at radius 2 is 1.97 bits per heavy atom. The highest BCUT2D eigenvalue weighted by molar-refractivity contribution is 7.99. The molecule has 31 heavy (non-hydrogen) atoms. The van der Waals surface area contributed by atoms with Crippen LogP contribution in [0, 0.1) is 0 Å². The Morgan fingerprint density at radius 3 is 2.77 bits per heavy atom. The number of carbonyl (C=O) groups excluding carboxylic acids is 1. The second-order valence-electron chi connectivity index (χ2n) is 7.68. The van der Waals surface area contributed by atoms with Crippen molar-refractivity contribution in [1.29, 1.82) is 0 Å². The van der Waals surface area contributed by atoms with Crippen molar-refractivity contribution in [3.8, 4) is 0 Å². The van der Waals surface area contributed by atoms with E-state index in [-0.39, 0.29) is 23.3 Å². The van der Waals surface area contributed by atoms with Crippen molar-refractivity contribution >= 4 is 28.6 Å². The molecular weight excluding hydrogens is 408 g/mol. The number of nitrogens with zero attached hydrogens (tertiary/aromatic N) is 3. The lowest BCUT2D eigenvalue weighted by Crippen LogP contribution is -2.38. The summed E-state index contributed by atoms with van der Waals surface area (Å²) in [6, 6.07) is 17.8. The Kier molecular flexibility index (Phi) is 6.84. The Labute approximate surface area is 186 Å². The van der Waals surface area contributed by atoms with Crippen LogP contribution in [-0.4, -0.2) is 45.2 Å². The van der Waals surface area contributed by atoms with Crippen LogP contribution >= 0.6 is 11.8 Å². The van der Waals surface area contributed by atoms with Crippen LogP contribution in [0.1, 0.15) is 12.0 Å². The van der Waals surface area contributed by atoms with Crippen molar-refractivity contribution in [1.82, 2.24) is 19.8 Å². The molecule has 1 amide bonds. The molecule has 2 heterocycles. The highest BCUT2D eigenvalue weighted by Gasteiger charge is 2.24. The van der Waals surface area contributed by atoms with Crippen LogP contribution in [0.2, 0.25) is 0 Å². The van der Waals surface area contributed by atoms with E-state index in [1.165, 1.54) is 17.3 Å². The zero-order valence-electron chi connectivity index (χ0n) is 17.4. The van der Waals surface area contributed by atoms with Crippen molar-refractivity contribution in [2.45, 2.75) is 30.7 Å². The van der Waals surface area contributed by atoms with Gasteiger partial charge in [-0.1, -0.05) is 60.3 Å². The molecule has 0 radical (unpaired) electrons. The summed E-state index contributed by atoms with van der Waals surface area (Å²) in [6.07, 6.45) is 2.61. The van der Waals surface area contributed by atoms with Crippen LogP contribution in [0.15, 0.2) is 77.2 Å². The molecule has 1 N–H and O–H groups in total. The number of benzene rings is 2. The fraction of sp³-hybridized carbons (Fsp3) is 0.292. The SMILES string of the molecule is C=CCn1c(SCC(=O)NC2CCN(Cc3ccccc3)C2)nc2ccccc2c1=O. The van der Waals surface area contributed by atoms with E-state index >= 15 is 0 Å². The summed E-state index contributed by atoms with van der Waals surface area (Å²) in [5.74, 6) is 0.182. The Bertz CT molecular complexity index is 1130. The quantitative estimate of drug-likeness (QED) is 0.335. The van der Waals surface area contributed by atoms with Gasteiger partial charge in [0.25, 0.3) is 5.56 Å². The molecule has 2 aromatic carbocycles. The summed E-state index contributed by atoms with van der Waals surface area (Å²) in [5.41, 5.74) is 1.82. The van der Waals surface area contributed by atoms with E-state index in [1.807, 2.05) is 24.3 Å². The number of hydrogen-bond acceptors (Lipinski definition) is 5. The van der Waals surface area contributed by atoms with E-state index < -0.39 is 0 Å². The van der Waals surface area contributed by atoms with E-state index in [4.69, 9.17) is 0 Å². The summed E-state index contributed by atoms with van der Waals surface area (Å²) >= 11 is 1.29. The van der Waals surface area contributed by atoms with Crippen LogP contribution < -0.4 is 10.9 Å². The van der Waals surface area contributed by atoms with Gasteiger partial charge in [0, 0.05) is 32.2 Å². The number of para-hydroxylation sites is 1. The average Bonchev–Trinajstić information content (AvgIpc) is 3.22. The topological polar surface area (TPSA) is 67.2 Å². The minimum Gasteiger partial charge on any atom is -0.351 e. The van der Waals surface area contributed by atoms with Crippen molar-refractivity contribution < 1.29 is 4.79 Å². The Balaban J connectivity index is 1.36. The molecule has 0 spiro atoms. The fourth-order valence-corrected chi connectivity index (χ4v) is 4.70. The van der Waals surface area contributed by atoms with E-state index in [9.17, 15) is 9.59 Å². The minimum absolute atomic E-state index is 0.0379. The lowest BCUT2D eigenvalue weighted by molar-refractivity contribution is -0.119. The molecule has 0 saturated carbocycles. The number of nitrogens with one attached hydrogen (secondary N) is 1. The molecule has 0 bridgehead atoms. The van der Waals surface area contributed by atoms with Crippen molar-refractivity contribution in [2.75, 3.05) is 18.8 Å². The molecule has 1 atom stereocenters. The molecule has 1 saturated heterocycles. The van der Waals surface area contributed by atoms with Gasteiger partial charge in [0.2, 0.25) is 5.91 Å². The normalized spacial score (nSPS) is 16.5. The standard InChI is InChI=1S/C24H26N4O2S/c1-2-13-28-23(30)20-10-6-7-11-21(20)26-24(28)31-17-22(29)25-19-12-14-27(16-19)15-18-8-4-3-5-9-18/h2-11,19H,1,12-17H2,(H,25,29). The molecule has 3 aromatic rings. The van der Waals surface area contributed by atoms with E-state index in [1.54, 1.807) is 16.7 Å². The lowest BCUT2D eigenvalue weighted by Gasteiger charge is -2.17. The van der Waals surface area contributed by atoms with E-state index in [2.05, 4.69) is 46.0 Å². The van der Waals surface area contributed by atoms with Gasteiger partial charge in [-0.15, -0.1) is 6.58 Å². The van der Waals surface area contributed by atoms with Crippen molar-refractivity contribution in [2.24, 2.45) is 0 Å². The van der Waals surface area contributed by atoms with E-state index in [0.29, 0.717) is 22.6 Å². The number of carbonyl (C=O) groups is 1. The van der Waals surface area contributed by atoms with Gasteiger partial charge in [0.15, 0.2) is 5.16 Å². The van der Waals surface area contributed by atoms with Crippen molar-refractivity contribution in [3.05, 3.63) is 83.2 Å². The summed E-state index contributed by atoms with van der Waals surface area (Å²) < 4.78 is 1.57. The number of aromatic nitrogens is 2. The minimum atomic E-state index is -0.110. The molecule has 1 fully saturated rings. The van der Waals surface area contributed by atoms with E-state index in [0.717, 1.165) is 26.1 Å². The van der Waals surface area contributed by atoms with Crippen LogP contribution in [0.25, 0.3) is 10.9 Å². The van der Waals surface area contributed by atoms with Crippen LogP contribution in [0.5, 0.6) is 0 Å². The first-order chi connectivity index (χ1) is 15.1. The first-order valence-corrected chi connectivity index (χ1v) is 11.4. The summed E-state index contributed by atoms with van der Waals surface area (Å²) in [4.78, 5) is 32.3. The molecule has 1 aliphatic heterocycles. The number of thioether (sulfide) groups is 1. The summed E-state index contributed by atoms with van der Waals surface area (Å²) in [5, 5.41) is 4.24. The van der Waals surface area contributed by atoms with Crippen LogP contribution in [-0.2, 0) is 17.9 Å². The molecular formula is C24H26N4O2S. The van der Waals surface area contributed by atoms with Gasteiger partial charge in [0.05, 0.1) is 16.7 Å². The summed E-state index contributed by atoms with van der Waals surface area (Å²) in [7, 11) is 0. The Morgan fingerprint density at radius 1 is 1.19 bits per heavy atom. The third-order valence-electron chi connectivity index (χ3n) is 5.36. The zero-order valence-corrected chi connectivity index (χ0v) is 18.2. The molecule has 160 valence electrons. The number of rotatable bonds is 8. The molecule has 1 unspecified atom stereocenters. The number of likely N-dealkylation sites (tertiary alicyclic amines) is 1. The summed E-state index contributed by atoms with van der Waals surface area (Å²) in [6.45, 7) is 6.81. The van der Waals surface area contributed by atoms with Gasteiger partial charge in [0.1, 0.15) is 0 Å². The van der Waals surface area contributed by atoms with Gasteiger partial charge in [-0.2, -0.15) is 0 Å².